The van der Waals surface area contributed by atoms with E-state index in [2.05, 4.69) is 10.2 Å². The minimum absolute atomic E-state index is 0.188. The average Bonchev–Trinajstić information content (AvgIpc) is 2.47. The summed E-state index contributed by atoms with van der Waals surface area (Å²) in [5.41, 5.74) is 0. The molecule has 2 aliphatic heterocycles. The lowest BCUT2D eigenvalue weighted by Gasteiger charge is -2.24. The lowest BCUT2D eigenvalue weighted by atomic mass is 9.90. The van der Waals surface area contributed by atoms with Crippen molar-refractivity contribution in [1.82, 2.24) is 10.2 Å². The lowest BCUT2D eigenvalue weighted by molar-refractivity contribution is 0.285. The molecular weight excluding hydrogens is 155 g/mol. The molecule has 70 valence electrons. The van der Waals surface area contributed by atoms with E-state index in [1.54, 1.807) is 0 Å². The highest BCUT2D eigenvalue weighted by Gasteiger charge is 2.33. The molecule has 2 saturated heterocycles. The Kier molecular flexibility index (Phi) is 2.61. The van der Waals surface area contributed by atoms with E-state index in [0.29, 0.717) is 6.54 Å². The van der Waals surface area contributed by atoms with E-state index in [4.69, 9.17) is 0 Å². The van der Waals surface area contributed by atoms with Gasteiger partial charge in [-0.15, -0.1) is 0 Å². The average molecular weight is 172 g/mol. The molecule has 0 aliphatic carbocycles. The summed E-state index contributed by atoms with van der Waals surface area (Å²) < 4.78 is 12.1. The number of nitrogens with one attached hydrogen (secondary N) is 1. The standard InChI is InChI=1S/C9H17FN2/c10-2-4-12-6-8-1-3-11-5-9(8)7-12/h8-9,11H,1-7H2. The van der Waals surface area contributed by atoms with Crippen molar-refractivity contribution < 1.29 is 4.39 Å². The first kappa shape index (κ1) is 8.45. The molecule has 2 heterocycles. The van der Waals surface area contributed by atoms with Gasteiger partial charge in [0.15, 0.2) is 0 Å². The number of likely N-dealkylation sites (tertiary alicyclic amines) is 1. The number of piperidine rings is 1. The van der Waals surface area contributed by atoms with Gasteiger partial charge in [0.1, 0.15) is 6.67 Å². The van der Waals surface area contributed by atoms with Crippen molar-refractivity contribution in [2.24, 2.45) is 11.8 Å². The molecule has 2 rings (SSSR count). The number of alkyl halides is 1. The largest absolute Gasteiger partial charge is 0.316 e. The topological polar surface area (TPSA) is 15.3 Å². The molecule has 0 amide bonds. The second-order valence-electron chi connectivity index (χ2n) is 3.96. The van der Waals surface area contributed by atoms with Crippen LogP contribution in [0, 0.1) is 11.8 Å². The van der Waals surface area contributed by atoms with E-state index in [1.165, 1.54) is 6.42 Å². The molecule has 3 heteroatoms. The van der Waals surface area contributed by atoms with Crippen LogP contribution in [-0.4, -0.2) is 44.3 Å². The molecule has 2 aliphatic rings. The number of hydrogen-bond acceptors (Lipinski definition) is 2. The summed E-state index contributed by atoms with van der Waals surface area (Å²) in [5, 5.41) is 3.40. The Morgan fingerprint density at radius 2 is 2.17 bits per heavy atom. The van der Waals surface area contributed by atoms with Crippen LogP contribution in [0.5, 0.6) is 0 Å². The van der Waals surface area contributed by atoms with Crippen LogP contribution in [0.2, 0.25) is 0 Å². The molecule has 0 aromatic heterocycles. The molecule has 2 nitrogen and oxygen atoms in total. The third-order valence-electron chi connectivity index (χ3n) is 3.15. The summed E-state index contributed by atoms with van der Waals surface area (Å²) in [6.45, 7) is 5.01. The zero-order valence-corrected chi connectivity index (χ0v) is 7.43. The van der Waals surface area contributed by atoms with E-state index in [-0.39, 0.29) is 6.67 Å². The Morgan fingerprint density at radius 1 is 1.33 bits per heavy atom. The van der Waals surface area contributed by atoms with E-state index in [9.17, 15) is 4.39 Å². The Balaban J connectivity index is 1.85. The Bertz CT molecular complexity index is 137. The highest BCUT2D eigenvalue weighted by atomic mass is 19.1. The van der Waals surface area contributed by atoms with Gasteiger partial charge in [-0.2, -0.15) is 0 Å². The van der Waals surface area contributed by atoms with Gasteiger partial charge in [0.05, 0.1) is 0 Å². The molecule has 2 atom stereocenters. The minimum Gasteiger partial charge on any atom is -0.316 e. The fraction of sp³-hybridized carbons (Fsp3) is 1.00. The third kappa shape index (κ3) is 1.62. The van der Waals surface area contributed by atoms with Crippen LogP contribution in [-0.2, 0) is 0 Å². The minimum atomic E-state index is -0.188. The number of halogens is 1. The van der Waals surface area contributed by atoms with Crippen LogP contribution < -0.4 is 5.32 Å². The van der Waals surface area contributed by atoms with Gasteiger partial charge >= 0.3 is 0 Å². The van der Waals surface area contributed by atoms with Gasteiger partial charge in [0.25, 0.3) is 0 Å². The summed E-state index contributed by atoms with van der Waals surface area (Å²) in [6, 6.07) is 0. The summed E-state index contributed by atoms with van der Waals surface area (Å²) in [5.74, 6) is 1.64. The second kappa shape index (κ2) is 3.71. The lowest BCUT2D eigenvalue weighted by Crippen LogP contribution is -2.35. The normalized spacial score (nSPS) is 36.8. The molecule has 0 saturated carbocycles. The monoisotopic (exact) mass is 172 g/mol. The number of rotatable bonds is 2. The van der Waals surface area contributed by atoms with E-state index in [0.717, 1.165) is 38.0 Å². The first-order valence-corrected chi connectivity index (χ1v) is 4.89. The number of hydrogen-bond donors (Lipinski definition) is 1. The maximum Gasteiger partial charge on any atom is 0.102 e. The molecule has 0 bridgehead atoms. The Morgan fingerprint density at radius 3 is 2.92 bits per heavy atom. The first-order chi connectivity index (χ1) is 5.90. The summed E-state index contributed by atoms with van der Waals surface area (Å²) in [7, 11) is 0. The highest BCUT2D eigenvalue weighted by molar-refractivity contribution is 4.88. The zero-order chi connectivity index (χ0) is 8.39. The van der Waals surface area contributed by atoms with Gasteiger partial charge in [0, 0.05) is 19.6 Å². The van der Waals surface area contributed by atoms with Crippen molar-refractivity contribution in [3.8, 4) is 0 Å². The first-order valence-electron chi connectivity index (χ1n) is 4.89. The number of fused-ring (bicyclic) bond motifs is 1. The van der Waals surface area contributed by atoms with Gasteiger partial charge in [0.2, 0.25) is 0 Å². The zero-order valence-electron chi connectivity index (χ0n) is 7.43. The van der Waals surface area contributed by atoms with Crippen LogP contribution in [0.25, 0.3) is 0 Å². The molecule has 0 spiro atoms. The molecule has 0 radical (unpaired) electrons. The van der Waals surface area contributed by atoms with Gasteiger partial charge in [-0.1, -0.05) is 0 Å². The fourth-order valence-electron chi connectivity index (χ4n) is 2.47. The van der Waals surface area contributed by atoms with Crippen LogP contribution in [0.4, 0.5) is 4.39 Å². The van der Waals surface area contributed by atoms with Crippen molar-refractivity contribution >= 4 is 0 Å². The van der Waals surface area contributed by atoms with Crippen molar-refractivity contribution in [1.29, 1.82) is 0 Å². The second-order valence-corrected chi connectivity index (χ2v) is 3.96. The maximum absolute atomic E-state index is 12.1. The quantitative estimate of drug-likeness (QED) is 0.652. The summed E-state index contributed by atoms with van der Waals surface area (Å²) in [4.78, 5) is 2.27. The predicted octanol–water partition coefficient (Wildman–Crippen LogP) is 0.497. The van der Waals surface area contributed by atoms with Crippen molar-refractivity contribution in [2.45, 2.75) is 6.42 Å². The van der Waals surface area contributed by atoms with Crippen molar-refractivity contribution in [3.05, 3.63) is 0 Å². The van der Waals surface area contributed by atoms with Gasteiger partial charge < -0.3 is 10.2 Å². The fourth-order valence-corrected chi connectivity index (χ4v) is 2.47. The molecule has 12 heavy (non-hydrogen) atoms. The third-order valence-corrected chi connectivity index (χ3v) is 3.15. The maximum atomic E-state index is 12.1. The highest BCUT2D eigenvalue weighted by Crippen LogP contribution is 2.27. The molecule has 2 fully saturated rings. The van der Waals surface area contributed by atoms with Gasteiger partial charge in [-0.25, -0.2) is 4.39 Å². The Hall–Kier alpha value is -0.150. The summed E-state index contributed by atoms with van der Waals surface area (Å²) >= 11 is 0. The van der Waals surface area contributed by atoms with Gasteiger partial charge in [-0.3, -0.25) is 0 Å². The molecular formula is C9H17FN2. The van der Waals surface area contributed by atoms with Crippen molar-refractivity contribution in [3.63, 3.8) is 0 Å². The SMILES string of the molecule is FCCN1CC2CCNCC2C1. The van der Waals surface area contributed by atoms with E-state index in [1.807, 2.05) is 0 Å². The van der Waals surface area contributed by atoms with Crippen LogP contribution in [0.15, 0.2) is 0 Å². The number of nitrogens with zero attached hydrogens (tertiary/aromatic N) is 1. The molecule has 1 N–H and O–H groups in total. The Labute approximate surface area is 73.1 Å². The van der Waals surface area contributed by atoms with E-state index >= 15 is 0 Å². The predicted molar refractivity (Wildman–Crippen MR) is 46.9 cm³/mol. The van der Waals surface area contributed by atoms with Gasteiger partial charge in [-0.05, 0) is 31.3 Å². The van der Waals surface area contributed by atoms with Crippen molar-refractivity contribution in [2.75, 3.05) is 39.4 Å². The van der Waals surface area contributed by atoms with Crippen LogP contribution in [0.1, 0.15) is 6.42 Å². The van der Waals surface area contributed by atoms with E-state index < -0.39 is 0 Å². The van der Waals surface area contributed by atoms with Crippen LogP contribution >= 0.6 is 0 Å². The summed E-state index contributed by atoms with van der Waals surface area (Å²) in [6.07, 6.45) is 1.29. The smallest absolute Gasteiger partial charge is 0.102 e. The van der Waals surface area contributed by atoms with Crippen LogP contribution in [0.3, 0.4) is 0 Å². The molecule has 0 aromatic carbocycles. The molecule has 0 aromatic rings. The molecule has 2 unspecified atom stereocenters.